The largest absolute Gasteiger partial charge is 0.491 e. The number of carbonyl (C=O) groups is 1. The number of aromatic nitrogens is 1. The standard InChI is InChI=1S/C21H21FN4O4S/c1-31(28,29)19-17(22)11-15(13-24-19)30-9-8-26-6-4-21(5-7-26)16-10-14(12-23)2-3-18(16)25-20(21)27/h2-3,10-11,13H,4-9H2,1H3,(H,25,27). The van der Waals surface area contributed by atoms with E-state index in [1.54, 1.807) is 18.2 Å². The van der Waals surface area contributed by atoms with Crippen molar-refractivity contribution in [2.75, 3.05) is 37.8 Å². The van der Waals surface area contributed by atoms with E-state index in [2.05, 4.69) is 21.3 Å². The van der Waals surface area contributed by atoms with E-state index in [-0.39, 0.29) is 18.3 Å². The van der Waals surface area contributed by atoms with Crippen LogP contribution in [0.15, 0.2) is 35.5 Å². The number of pyridine rings is 1. The zero-order valence-electron chi connectivity index (χ0n) is 16.9. The zero-order valence-corrected chi connectivity index (χ0v) is 17.7. The molecule has 2 aliphatic rings. The van der Waals surface area contributed by atoms with Gasteiger partial charge < -0.3 is 10.1 Å². The predicted molar refractivity (Wildman–Crippen MR) is 110 cm³/mol. The van der Waals surface area contributed by atoms with Gasteiger partial charge in [-0.25, -0.2) is 17.8 Å². The number of benzene rings is 1. The third-order valence-corrected chi connectivity index (χ3v) is 6.87. The molecule has 4 rings (SSSR count). The van der Waals surface area contributed by atoms with Gasteiger partial charge in [-0.3, -0.25) is 9.69 Å². The number of hydrogen-bond acceptors (Lipinski definition) is 7. The summed E-state index contributed by atoms with van der Waals surface area (Å²) in [6.45, 7) is 2.19. The molecule has 1 aromatic carbocycles. The summed E-state index contributed by atoms with van der Waals surface area (Å²) in [7, 11) is -3.73. The van der Waals surface area contributed by atoms with E-state index >= 15 is 0 Å². The topological polar surface area (TPSA) is 112 Å². The number of halogens is 1. The molecule has 0 radical (unpaired) electrons. The number of anilines is 1. The second kappa shape index (κ2) is 7.90. The number of carbonyl (C=O) groups excluding carboxylic acids is 1. The van der Waals surface area contributed by atoms with E-state index in [1.165, 1.54) is 6.20 Å². The molecule has 1 N–H and O–H groups in total. The zero-order chi connectivity index (χ0) is 22.2. The number of rotatable bonds is 5. The fraction of sp³-hybridized carbons (Fsp3) is 0.381. The molecule has 8 nitrogen and oxygen atoms in total. The Morgan fingerprint density at radius 1 is 1.32 bits per heavy atom. The van der Waals surface area contributed by atoms with Gasteiger partial charge in [0, 0.05) is 24.6 Å². The summed E-state index contributed by atoms with van der Waals surface area (Å²) >= 11 is 0. The Balaban J connectivity index is 1.35. The third-order valence-electron chi connectivity index (χ3n) is 5.87. The van der Waals surface area contributed by atoms with Crippen molar-refractivity contribution in [3.63, 3.8) is 0 Å². The first-order valence-corrected chi connectivity index (χ1v) is 11.7. The van der Waals surface area contributed by atoms with E-state index in [9.17, 15) is 22.9 Å². The van der Waals surface area contributed by atoms with Gasteiger partial charge in [-0.05, 0) is 49.7 Å². The van der Waals surface area contributed by atoms with Gasteiger partial charge >= 0.3 is 0 Å². The van der Waals surface area contributed by atoms with Crippen molar-refractivity contribution >= 4 is 21.4 Å². The van der Waals surface area contributed by atoms with E-state index in [0.29, 0.717) is 38.0 Å². The molecule has 1 saturated heterocycles. The van der Waals surface area contributed by atoms with E-state index in [4.69, 9.17) is 4.74 Å². The number of likely N-dealkylation sites (tertiary alicyclic amines) is 1. The van der Waals surface area contributed by atoms with Gasteiger partial charge in [0.2, 0.25) is 5.91 Å². The highest BCUT2D eigenvalue weighted by Crippen LogP contribution is 2.45. The lowest BCUT2D eigenvalue weighted by atomic mass is 9.73. The maximum absolute atomic E-state index is 13.9. The molecule has 10 heteroatoms. The number of nitrogens with one attached hydrogen (secondary N) is 1. The van der Waals surface area contributed by atoms with Crippen LogP contribution in [-0.2, 0) is 20.0 Å². The molecule has 2 aromatic rings. The van der Waals surface area contributed by atoms with Crippen LogP contribution in [0, 0.1) is 17.1 Å². The van der Waals surface area contributed by atoms with Gasteiger partial charge in [-0.1, -0.05) is 0 Å². The molecule has 0 saturated carbocycles. The number of sulfone groups is 1. The molecule has 2 aliphatic heterocycles. The number of ether oxygens (including phenoxy) is 1. The molecule has 0 aliphatic carbocycles. The highest BCUT2D eigenvalue weighted by Gasteiger charge is 2.48. The van der Waals surface area contributed by atoms with E-state index in [0.717, 1.165) is 23.6 Å². The second-order valence-corrected chi connectivity index (χ2v) is 9.76. The summed E-state index contributed by atoms with van der Waals surface area (Å²) in [5.74, 6) is -0.810. The Labute approximate surface area is 179 Å². The van der Waals surface area contributed by atoms with Crippen LogP contribution in [0.25, 0.3) is 0 Å². The quantitative estimate of drug-likeness (QED) is 0.749. The van der Waals surface area contributed by atoms with Crippen LogP contribution in [0.3, 0.4) is 0 Å². The fourth-order valence-corrected chi connectivity index (χ4v) is 4.85. The summed E-state index contributed by atoms with van der Waals surface area (Å²) in [6.07, 6.45) is 3.34. The normalized spacial score (nSPS) is 17.8. The van der Waals surface area contributed by atoms with Gasteiger partial charge in [0.1, 0.15) is 12.4 Å². The lowest BCUT2D eigenvalue weighted by Gasteiger charge is -2.37. The van der Waals surface area contributed by atoms with Gasteiger partial charge in [0.15, 0.2) is 20.7 Å². The average Bonchev–Trinajstić information content (AvgIpc) is 2.99. The minimum absolute atomic E-state index is 0.0268. The van der Waals surface area contributed by atoms with Crippen molar-refractivity contribution in [2.24, 2.45) is 0 Å². The number of piperidine rings is 1. The van der Waals surface area contributed by atoms with Crippen molar-refractivity contribution in [1.82, 2.24) is 9.88 Å². The van der Waals surface area contributed by atoms with Crippen molar-refractivity contribution in [1.29, 1.82) is 5.26 Å². The Bertz CT molecular complexity index is 1180. The molecule has 0 unspecified atom stereocenters. The van der Waals surface area contributed by atoms with Crippen LogP contribution in [0.1, 0.15) is 24.0 Å². The number of nitrogens with zero attached hydrogens (tertiary/aromatic N) is 3. The monoisotopic (exact) mass is 444 g/mol. The summed E-state index contributed by atoms with van der Waals surface area (Å²) in [5.41, 5.74) is 1.58. The molecule has 162 valence electrons. The lowest BCUT2D eigenvalue weighted by molar-refractivity contribution is -0.122. The molecule has 1 fully saturated rings. The molecule has 31 heavy (non-hydrogen) atoms. The Morgan fingerprint density at radius 2 is 2.06 bits per heavy atom. The molecule has 3 heterocycles. The SMILES string of the molecule is CS(=O)(=O)c1ncc(OCCN2CCC3(CC2)C(=O)Nc2ccc(C#N)cc23)cc1F. The summed E-state index contributed by atoms with van der Waals surface area (Å²) < 4.78 is 42.3. The van der Waals surface area contributed by atoms with Crippen LogP contribution >= 0.6 is 0 Å². The molecule has 1 spiro atoms. The molecular weight excluding hydrogens is 423 g/mol. The molecule has 0 bridgehead atoms. The van der Waals surface area contributed by atoms with Gasteiger partial charge in [0.25, 0.3) is 0 Å². The van der Waals surface area contributed by atoms with Crippen molar-refractivity contribution < 1.29 is 22.3 Å². The minimum atomic E-state index is -3.73. The van der Waals surface area contributed by atoms with Crippen LogP contribution in [-0.4, -0.2) is 56.7 Å². The first-order valence-electron chi connectivity index (χ1n) is 9.80. The second-order valence-electron chi connectivity index (χ2n) is 7.83. The smallest absolute Gasteiger partial charge is 0.235 e. The molecule has 1 aromatic heterocycles. The highest BCUT2D eigenvalue weighted by atomic mass is 32.2. The summed E-state index contributed by atoms with van der Waals surface area (Å²) in [4.78, 5) is 18.5. The van der Waals surface area contributed by atoms with Crippen molar-refractivity contribution in [2.45, 2.75) is 23.3 Å². The average molecular weight is 444 g/mol. The Kier molecular flexibility index (Phi) is 5.41. The van der Waals surface area contributed by atoms with Crippen LogP contribution < -0.4 is 10.1 Å². The number of hydrogen-bond donors (Lipinski definition) is 1. The maximum atomic E-state index is 13.9. The molecule has 1 amide bonds. The number of fused-ring (bicyclic) bond motifs is 2. The summed E-state index contributed by atoms with van der Waals surface area (Å²) in [6, 6.07) is 8.42. The first kappa shape index (κ1) is 21.2. The van der Waals surface area contributed by atoms with Gasteiger partial charge in [0.05, 0.1) is 23.2 Å². The highest BCUT2D eigenvalue weighted by molar-refractivity contribution is 7.90. The van der Waals surface area contributed by atoms with Gasteiger partial charge in [-0.15, -0.1) is 0 Å². The lowest BCUT2D eigenvalue weighted by Crippen LogP contribution is -2.47. The molecular formula is C21H21FN4O4S. The van der Waals surface area contributed by atoms with Crippen molar-refractivity contribution in [3.8, 4) is 11.8 Å². The van der Waals surface area contributed by atoms with E-state index < -0.39 is 26.1 Å². The first-order chi connectivity index (χ1) is 14.7. The van der Waals surface area contributed by atoms with Gasteiger partial charge in [-0.2, -0.15) is 5.26 Å². The Hall–Kier alpha value is -3.03. The number of nitriles is 1. The predicted octanol–water partition coefficient (Wildman–Crippen LogP) is 1.86. The van der Waals surface area contributed by atoms with Crippen molar-refractivity contribution in [3.05, 3.63) is 47.4 Å². The Morgan fingerprint density at radius 3 is 2.71 bits per heavy atom. The summed E-state index contributed by atoms with van der Waals surface area (Å²) in [5, 5.41) is 11.5. The van der Waals surface area contributed by atoms with Crippen LogP contribution in [0.4, 0.5) is 10.1 Å². The fourth-order valence-electron chi connectivity index (χ4n) is 4.19. The molecule has 0 atom stereocenters. The minimum Gasteiger partial charge on any atom is -0.491 e. The third kappa shape index (κ3) is 3.98. The number of amides is 1. The van der Waals surface area contributed by atoms with Crippen LogP contribution in [0.2, 0.25) is 0 Å². The van der Waals surface area contributed by atoms with Crippen LogP contribution in [0.5, 0.6) is 5.75 Å². The van der Waals surface area contributed by atoms with E-state index in [1.807, 2.05) is 0 Å². The maximum Gasteiger partial charge on any atom is 0.235 e.